The lowest BCUT2D eigenvalue weighted by molar-refractivity contribution is -0.384. The zero-order chi connectivity index (χ0) is 18.5. The molecule has 0 saturated heterocycles. The molecule has 5 heteroatoms. The van der Waals surface area contributed by atoms with Gasteiger partial charge in [-0.05, 0) is 35.7 Å². The molecule has 0 spiro atoms. The summed E-state index contributed by atoms with van der Waals surface area (Å²) in [6.45, 7) is 1.84. The third kappa shape index (κ3) is 3.78. The van der Waals surface area contributed by atoms with E-state index in [1.807, 2.05) is 67.6 Å². The predicted octanol–water partition coefficient (Wildman–Crippen LogP) is 4.75. The number of para-hydroxylation sites is 1. The normalized spacial score (nSPS) is 10.3. The molecule has 130 valence electrons. The van der Waals surface area contributed by atoms with Gasteiger partial charge >= 0.3 is 0 Å². The van der Waals surface area contributed by atoms with Gasteiger partial charge in [-0.15, -0.1) is 0 Å². The highest BCUT2D eigenvalue weighted by Gasteiger charge is 2.20. The van der Waals surface area contributed by atoms with E-state index in [1.165, 1.54) is 6.07 Å². The summed E-state index contributed by atoms with van der Waals surface area (Å²) in [6, 6.07) is 21.5. The van der Waals surface area contributed by atoms with Crippen molar-refractivity contribution in [3.8, 4) is 11.1 Å². The van der Waals surface area contributed by atoms with Gasteiger partial charge in [-0.2, -0.15) is 0 Å². The number of nitro benzene ring substituents is 1. The number of hydrogen-bond acceptors (Lipinski definition) is 3. The lowest BCUT2D eigenvalue weighted by Crippen LogP contribution is -2.15. The fraction of sp³-hybridized carbons (Fsp3) is 0.0952. The Morgan fingerprint density at radius 2 is 1.65 bits per heavy atom. The van der Waals surface area contributed by atoms with Gasteiger partial charge in [0, 0.05) is 11.8 Å². The van der Waals surface area contributed by atoms with Crippen LogP contribution < -0.4 is 5.32 Å². The Bertz CT molecular complexity index is 952. The van der Waals surface area contributed by atoms with Crippen molar-refractivity contribution in [1.82, 2.24) is 0 Å². The summed E-state index contributed by atoms with van der Waals surface area (Å²) in [5.41, 5.74) is 3.58. The lowest BCUT2D eigenvalue weighted by Gasteiger charge is -2.12. The monoisotopic (exact) mass is 346 g/mol. The number of anilines is 1. The van der Waals surface area contributed by atoms with Crippen molar-refractivity contribution in [3.63, 3.8) is 0 Å². The van der Waals surface area contributed by atoms with E-state index in [-0.39, 0.29) is 22.9 Å². The van der Waals surface area contributed by atoms with E-state index < -0.39 is 0 Å². The molecule has 1 amide bonds. The number of nitrogens with zero attached hydrogens (tertiary/aromatic N) is 1. The third-order valence-corrected chi connectivity index (χ3v) is 4.14. The minimum atomic E-state index is -0.386. The van der Waals surface area contributed by atoms with Crippen molar-refractivity contribution in [2.45, 2.75) is 13.3 Å². The number of amides is 1. The molecular formula is C21H18N2O3. The molecular weight excluding hydrogens is 328 g/mol. The molecule has 1 N–H and O–H groups in total. The number of benzene rings is 3. The van der Waals surface area contributed by atoms with Gasteiger partial charge in [-0.1, -0.05) is 54.6 Å². The van der Waals surface area contributed by atoms with Crippen LogP contribution in [0.25, 0.3) is 11.1 Å². The second-order valence-corrected chi connectivity index (χ2v) is 5.97. The van der Waals surface area contributed by atoms with Crippen molar-refractivity contribution in [1.29, 1.82) is 0 Å². The molecule has 0 atom stereocenters. The average molecular weight is 346 g/mol. The van der Waals surface area contributed by atoms with E-state index in [2.05, 4.69) is 5.32 Å². The van der Waals surface area contributed by atoms with E-state index in [0.717, 1.165) is 16.8 Å². The smallest absolute Gasteiger partial charge is 0.277 e. The van der Waals surface area contributed by atoms with Crippen LogP contribution in [0.2, 0.25) is 0 Å². The first kappa shape index (κ1) is 17.4. The average Bonchev–Trinajstić information content (AvgIpc) is 2.63. The number of rotatable bonds is 5. The Labute approximate surface area is 151 Å². The summed E-state index contributed by atoms with van der Waals surface area (Å²) in [5.74, 6) is -0.167. The maximum atomic E-state index is 12.4. The summed E-state index contributed by atoms with van der Waals surface area (Å²) >= 11 is 0. The predicted molar refractivity (Wildman–Crippen MR) is 102 cm³/mol. The Kier molecular flexibility index (Phi) is 5.08. The van der Waals surface area contributed by atoms with Gasteiger partial charge < -0.3 is 5.32 Å². The molecule has 3 rings (SSSR count). The van der Waals surface area contributed by atoms with E-state index in [9.17, 15) is 14.9 Å². The maximum absolute atomic E-state index is 12.4. The van der Waals surface area contributed by atoms with Gasteiger partial charge in [-0.3, -0.25) is 14.9 Å². The molecule has 26 heavy (non-hydrogen) atoms. The van der Waals surface area contributed by atoms with Crippen LogP contribution in [-0.4, -0.2) is 10.8 Å². The van der Waals surface area contributed by atoms with Crippen molar-refractivity contribution in [3.05, 3.63) is 94.0 Å². The van der Waals surface area contributed by atoms with Crippen molar-refractivity contribution in [2.24, 2.45) is 0 Å². The number of hydrogen-bond donors (Lipinski definition) is 1. The minimum absolute atomic E-state index is 0.0425. The van der Waals surface area contributed by atoms with Crippen LogP contribution in [0.5, 0.6) is 0 Å². The molecule has 0 radical (unpaired) electrons. The molecule has 0 unspecified atom stereocenters. The first-order valence-corrected chi connectivity index (χ1v) is 8.23. The van der Waals surface area contributed by atoms with Crippen molar-refractivity contribution >= 4 is 17.3 Å². The third-order valence-electron chi connectivity index (χ3n) is 4.14. The van der Waals surface area contributed by atoms with Gasteiger partial charge in [0.05, 0.1) is 16.9 Å². The van der Waals surface area contributed by atoms with Gasteiger partial charge in [-0.25, -0.2) is 0 Å². The molecule has 0 aromatic heterocycles. The maximum Gasteiger partial charge on any atom is 0.277 e. The van der Waals surface area contributed by atoms with Crippen LogP contribution in [-0.2, 0) is 11.2 Å². The number of aryl methyl sites for hydroxylation is 1. The van der Waals surface area contributed by atoms with Gasteiger partial charge in [0.15, 0.2) is 0 Å². The lowest BCUT2D eigenvalue weighted by atomic mass is 9.93. The van der Waals surface area contributed by atoms with E-state index in [1.54, 1.807) is 6.07 Å². The zero-order valence-corrected chi connectivity index (χ0v) is 14.3. The first-order chi connectivity index (χ1) is 12.6. The second-order valence-electron chi connectivity index (χ2n) is 5.97. The van der Waals surface area contributed by atoms with Crippen LogP contribution in [0.15, 0.2) is 72.8 Å². The Morgan fingerprint density at radius 1 is 0.962 bits per heavy atom. The molecule has 0 fully saturated rings. The van der Waals surface area contributed by atoms with Crippen molar-refractivity contribution < 1.29 is 9.72 Å². The highest BCUT2D eigenvalue weighted by atomic mass is 16.6. The summed E-state index contributed by atoms with van der Waals surface area (Å²) in [6.07, 6.45) is 0.135. The fourth-order valence-corrected chi connectivity index (χ4v) is 2.97. The molecule has 3 aromatic rings. The highest BCUT2D eigenvalue weighted by Crippen LogP contribution is 2.35. The van der Waals surface area contributed by atoms with Gasteiger partial charge in [0.1, 0.15) is 0 Å². The topological polar surface area (TPSA) is 72.2 Å². The fourth-order valence-electron chi connectivity index (χ4n) is 2.97. The molecule has 5 nitrogen and oxygen atoms in total. The molecule has 0 aliphatic heterocycles. The number of nitrogens with one attached hydrogen (secondary N) is 1. The summed E-state index contributed by atoms with van der Waals surface area (Å²) in [5, 5.41) is 14.3. The highest BCUT2D eigenvalue weighted by molar-refractivity contribution is 5.94. The SMILES string of the molecule is Cc1cccc([N+](=O)[O-])c1-c1ccccc1CC(=O)Nc1ccccc1. The van der Waals surface area contributed by atoms with Crippen molar-refractivity contribution in [2.75, 3.05) is 5.32 Å². The Balaban J connectivity index is 1.95. The second kappa shape index (κ2) is 7.61. The molecule has 0 heterocycles. The number of nitro groups is 1. The molecule has 0 saturated carbocycles. The Hall–Kier alpha value is -3.47. The van der Waals surface area contributed by atoms with E-state index in [4.69, 9.17) is 0 Å². The standard InChI is InChI=1S/C21H18N2O3/c1-15-8-7-13-19(23(25)26)21(15)18-12-6-5-9-16(18)14-20(24)22-17-10-3-2-4-11-17/h2-13H,14H2,1H3,(H,22,24). The Morgan fingerprint density at radius 3 is 2.38 bits per heavy atom. The van der Waals surface area contributed by atoms with Crippen LogP contribution in [0, 0.1) is 17.0 Å². The number of carbonyl (C=O) groups excluding carboxylic acids is 1. The molecule has 0 aliphatic carbocycles. The molecule has 0 bridgehead atoms. The van der Waals surface area contributed by atoms with Crippen LogP contribution >= 0.6 is 0 Å². The van der Waals surface area contributed by atoms with Crippen LogP contribution in [0.1, 0.15) is 11.1 Å². The summed E-state index contributed by atoms with van der Waals surface area (Å²) in [4.78, 5) is 23.5. The first-order valence-electron chi connectivity index (χ1n) is 8.23. The largest absolute Gasteiger partial charge is 0.326 e. The van der Waals surface area contributed by atoms with Gasteiger partial charge in [0.2, 0.25) is 5.91 Å². The quantitative estimate of drug-likeness (QED) is 0.535. The minimum Gasteiger partial charge on any atom is -0.326 e. The van der Waals surface area contributed by atoms with Crippen LogP contribution in [0.3, 0.4) is 0 Å². The molecule has 3 aromatic carbocycles. The van der Waals surface area contributed by atoms with E-state index in [0.29, 0.717) is 11.1 Å². The van der Waals surface area contributed by atoms with E-state index >= 15 is 0 Å². The van der Waals surface area contributed by atoms with Crippen LogP contribution in [0.4, 0.5) is 11.4 Å². The summed E-state index contributed by atoms with van der Waals surface area (Å²) in [7, 11) is 0. The number of carbonyl (C=O) groups is 1. The summed E-state index contributed by atoms with van der Waals surface area (Å²) < 4.78 is 0. The van der Waals surface area contributed by atoms with Gasteiger partial charge in [0.25, 0.3) is 5.69 Å². The molecule has 0 aliphatic rings. The zero-order valence-electron chi connectivity index (χ0n) is 14.3.